The maximum atomic E-state index is 12.1. The van der Waals surface area contributed by atoms with Crippen LogP contribution in [0.25, 0.3) is 0 Å². The molecule has 1 heterocycles. The zero-order valence-corrected chi connectivity index (χ0v) is 13.6. The smallest absolute Gasteiger partial charge is 0.321 e. The molecule has 4 nitrogen and oxygen atoms in total. The Kier molecular flexibility index (Phi) is 5.88. The maximum absolute atomic E-state index is 12.1. The molecule has 0 bridgehead atoms. The number of rotatable bonds is 6. The van der Waals surface area contributed by atoms with Crippen molar-refractivity contribution in [3.63, 3.8) is 0 Å². The first-order valence-electron chi connectivity index (χ1n) is 7.69. The number of nitrogens with one attached hydrogen (secondary N) is 1. The molecule has 0 aliphatic carbocycles. The molecule has 2 amide bonds. The van der Waals surface area contributed by atoms with E-state index in [1.165, 1.54) is 0 Å². The number of amides is 2. The molecule has 1 aromatic rings. The lowest BCUT2D eigenvalue weighted by Gasteiger charge is -2.45. The molecule has 1 aliphatic rings. The predicted molar refractivity (Wildman–Crippen MR) is 88.0 cm³/mol. The van der Waals surface area contributed by atoms with Crippen LogP contribution in [0, 0.1) is 0 Å². The molecule has 116 valence electrons. The molecule has 5 heteroatoms. The van der Waals surface area contributed by atoms with E-state index in [4.69, 9.17) is 11.6 Å². The Hall–Kier alpha value is -1.26. The third-order valence-electron chi connectivity index (χ3n) is 3.76. The van der Waals surface area contributed by atoms with Gasteiger partial charge in [0.15, 0.2) is 0 Å². The minimum atomic E-state index is -0.0403. The molecule has 0 spiro atoms. The molecule has 0 aromatic heterocycles. The lowest BCUT2D eigenvalue weighted by atomic mass is 10.1. The Morgan fingerprint density at radius 3 is 2.57 bits per heavy atom. The number of carbonyl (C=O) groups excluding carboxylic acids is 1. The van der Waals surface area contributed by atoms with Crippen LogP contribution in [-0.4, -0.2) is 48.1 Å². The van der Waals surface area contributed by atoms with Gasteiger partial charge in [0.1, 0.15) is 0 Å². The predicted octanol–water partition coefficient (Wildman–Crippen LogP) is 3.68. The van der Waals surface area contributed by atoms with Gasteiger partial charge in [-0.1, -0.05) is 31.5 Å². The molecule has 0 atom stereocenters. The number of urea groups is 1. The van der Waals surface area contributed by atoms with Gasteiger partial charge in [-0.05, 0) is 44.1 Å². The first kappa shape index (κ1) is 16.1. The van der Waals surface area contributed by atoms with Crippen molar-refractivity contribution in [3.8, 4) is 0 Å². The Balaban J connectivity index is 1.81. The van der Waals surface area contributed by atoms with Crippen LogP contribution in [0.1, 0.15) is 26.7 Å². The van der Waals surface area contributed by atoms with Crippen LogP contribution in [0.5, 0.6) is 0 Å². The standard InChI is InChI=1S/C16H24ClN3O/c1-3-8-19(9-4-2)15-11-20(12-15)16(21)18-14-7-5-6-13(17)10-14/h5-7,10,15H,3-4,8-9,11-12H2,1-2H3,(H,18,21). The van der Waals surface area contributed by atoms with Crippen LogP contribution in [0.3, 0.4) is 0 Å². The zero-order chi connectivity index (χ0) is 15.2. The van der Waals surface area contributed by atoms with E-state index in [2.05, 4.69) is 24.1 Å². The van der Waals surface area contributed by atoms with Gasteiger partial charge in [0.2, 0.25) is 0 Å². The average molecular weight is 310 g/mol. The minimum Gasteiger partial charge on any atom is -0.321 e. The molecule has 1 saturated heterocycles. The highest BCUT2D eigenvalue weighted by atomic mass is 35.5. The number of nitrogens with zero attached hydrogens (tertiary/aromatic N) is 2. The molecule has 21 heavy (non-hydrogen) atoms. The number of halogens is 1. The van der Waals surface area contributed by atoms with Crippen LogP contribution in [0.15, 0.2) is 24.3 Å². The fourth-order valence-corrected chi connectivity index (χ4v) is 2.86. The van der Waals surface area contributed by atoms with Gasteiger partial charge in [-0.25, -0.2) is 4.79 Å². The van der Waals surface area contributed by atoms with Gasteiger partial charge >= 0.3 is 6.03 Å². The van der Waals surface area contributed by atoms with E-state index in [1.807, 2.05) is 17.0 Å². The van der Waals surface area contributed by atoms with Crippen molar-refractivity contribution < 1.29 is 4.79 Å². The summed E-state index contributed by atoms with van der Waals surface area (Å²) in [4.78, 5) is 16.5. The first-order chi connectivity index (χ1) is 10.1. The molecule has 0 saturated carbocycles. The van der Waals surface area contributed by atoms with E-state index in [1.54, 1.807) is 12.1 Å². The Bertz CT molecular complexity index is 468. The number of benzene rings is 1. The summed E-state index contributed by atoms with van der Waals surface area (Å²) in [6.45, 7) is 8.25. The molecular weight excluding hydrogens is 286 g/mol. The summed E-state index contributed by atoms with van der Waals surface area (Å²) in [5.41, 5.74) is 0.745. The number of likely N-dealkylation sites (tertiary alicyclic amines) is 1. The Labute approximate surface area is 132 Å². The van der Waals surface area contributed by atoms with Gasteiger partial charge in [0, 0.05) is 29.8 Å². The molecule has 1 N–H and O–H groups in total. The van der Waals surface area contributed by atoms with E-state index in [9.17, 15) is 4.79 Å². The second-order valence-electron chi connectivity index (χ2n) is 5.54. The van der Waals surface area contributed by atoms with E-state index in [0.29, 0.717) is 11.1 Å². The van der Waals surface area contributed by atoms with Crippen LogP contribution in [-0.2, 0) is 0 Å². The fourth-order valence-electron chi connectivity index (χ4n) is 2.67. The number of anilines is 1. The summed E-state index contributed by atoms with van der Waals surface area (Å²) in [6, 6.07) is 7.71. The summed E-state index contributed by atoms with van der Waals surface area (Å²) in [5.74, 6) is 0. The molecule has 0 radical (unpaired) electrons. The van der Waals surface area contributed by atoms with Crippen LogP contribution >= 0.6 is 11.6 Å². The van der Waals surface area contributed by atoms with Gasteiger partial charge in [0.25, 0.3) is 0 Å². The Morgan fingerprint density at radius 1 is 1.33 bits per heavy atom. The summed E-state index contributed by atoms with van der Waals surface area (Å²) in [6.07, 6.45) is 2.32. The molecule has 1 aromatic carbocycles. The van der Waals surface area contributed by atoms with Crippen molar-refractivity contribution in [1.29, 1.82) is 0 Å². The summed E-state index contributed by atoms with van der Waals surface area (Å²) >= 11 is 5.92. The van der Waals surface area contributed by atoms with Crippen LogP contribution in [0.2, 0.25) is 5.02 Å². The van der Waals surface area contributed by atoms with E-state index in [0.717, 1.165) is 44.7 Å². The normalized spacial score (nSPS) is 15.1. The van der Waals surface area contributed by atoms with Gasteiger partial charge in [-0.3, -0.25) is 4.90 Å². The maximum Gasteiger partial charge on any atom is 0.321 e. The van der Waals surface area contributed by atoms with Gasteiger partial charge in [0.05, 0.1) is 0 Å². The number of hydrogen-bond acceptors (Lipinski definition) is 2. The van der Waals surface area contributed by atoms with Crippen molar-refractivity contribution in [2.24, 2.45) is 0 Å². The minimum absolute atomic E-state index is 0.0403. The lowest BCUT2D eigenvalue weighted by Crippen LogP contribution is -2.62. The lowest BCUT2D eigenvalue weighted by molar-refractivity contribution is 0.0614. The quantitative estimate of drug-likeness (QED) is 0.870. The van der Waals surface area contributed by atoms with Gasteiger partial charge < -0.3 is 10.2 Å². The third kappa shape index (κ3) is 4.35. The van der Waals surface area contributed by atoms with E-state index >= 15 is 0 Å². The van der Waals surface area contributed by atoms with Crippen LogP contribution in [0.4, 0.5) is 10.5 Å². The van der Waals surface area contributed by atoms with Gasteiger partial charge in [-0.15, -0.1) is 0 Å². The first-order valence-corrected chi connectivity index (χ1v) is 8.07. The van der Waals surface area contributed by atoms with E-state index in [-0.39, 0.29) is 6.03 Å². The number of carbonyl (C=O) groups is 1. The third-order valence-corrected chi connectivity index (χ3v) is 4.00. The van der Waals surface area contributed by atoms with Crippen molar-refractivity contribution in [1.82, 2.24) is 9.80 Å². The summed E-state index contributed by atoms with van der Waals surface area (Å²) in [5, 5.41) is 3.52. The van der Waals surface area contributed by atoms with Crippen molar-refractivity contribution >= 4 is 23.3 Å². The molecule has 2 rings (SSSR count). The largest absolute Gasteiger partial charge is 0.321 e. The zero-order valence-electron chi connectivity index (χ0n) is 12.8. The average Bonchev–Trinajstić information content (AvgIpc) is 2.37. The molecule has 1 fully saturated rings. The highest BCUT2D eigenvalue weighted by molar-refractivity contribution is 6.30. The monoisotopic (exact) mass is 309 g/mol. The Morgan fingerprint density at radius 2 is 2.00 bits per heavy atom. The highest BCUT2D eigenvalue weighted by Gasteiger charge is 2.34. The highest BCUT2D eigenvalue weighted by Crippen LogP contribution is 2.19. The van der Waals surface area contributed by atoms with E-state index < -0.39 is 0 Å². The van der Waals surface area contributed by atoms with Crippen molar-refractivity contribution in [2.45, 2.75) is 32.7 Å². The number of hydrogen-bond donors (Lipinski definition) is 1. The topological polar surface area (TPSA) is 35.6 Å². The van der Waals surface area contributed by atoms with Crippen LogP contribution < -0.4 is 5.32 Å². The second kappa shape index (κ2) is 7.66. The second-order valence-corrected chi connectivity index (χ2v) is 5.97. The van der Waals surface area contributed by atoms with Crippen molar-refractivity contribution in [2.75, 3.05) is 31.5 Å². The fraction of sp³-hybridized carbons (Fsp3) is 0.562. The molecule has 0 unspecified atom stereocenters. The molecule has 1 aliphatic heterocycles. The SMILES string of the molecule is CCCN(CCC)C1CN(C(=O)Nc2cccc(Cl)c2)C1. The molecular formula is C16H24ClN3O. The van der Waals surface area contributed by atoms with Gasteiger partial charge in [-0.2, -0.15) is 0 Å². The summed E-state index contributed by atoms with van der Waals surface area (Å²) in [7, 11) is 0. The summed E-state index contributed by atoms with van der Waals surface area (Å²) < 4.78 is 0. The van der Waals surface area contributed by atoms with Crippen molar-refractivity contribution in [3.05, 3.63) is 29.3 Å².